The standard InChI is InChI=1S/C24H26N6O3/c31-15-21-20-7-2-1-4-16(20)8-13-30(21)24-26-22(17-5-3-6-19(32)14-17)25-23(27-24)29-11-9-18(28-33)10-12-29/h1-7,14,21,31-33H,8-13,15H2. The van der Waals surface area contributed by atoms with Gasteiger partial charge in [0.05, 0.1) is 18.4 Å². The van der Waals surface area contributed by atoms with Gasteiger partial charge in [-0.05, 0) is 29.7 Å². The van der Waals surface area contributed by atoms with Crippen molar-refractivity contribution in [2.45, 2.75) is 25.3 Å². The smallest absolute Gasteiger partial charge is 0.231 e. The molecule has 0 saturated carbocycles. The number of aromatic hydroxyl groups is 1. The second-order valence-electron chi connectivity index (χ2n) is 8.30. The second-order valence-corrected chi connectivity index (χ2v) is 8.30. The minimum absolute atomic E-state index is 0.0560. The van der Waals surface area contributed by atoms with Crippen LogP contribution < -0.4 is 9.80 Å². The fourth-order valence-electron chi connectivity index (χ4n) is 4.55. The molecule has 170 valence electrons. The minimum Gasteiger partial charge on any atom is -0.508 e. The van der Waals surface area contributed by atoms with E-state index in [1.54, 1.807) is 18.2 Å². The number of aromatic nitrogens is 3. The highest BCUT2D eigenvalue weighted by Gasteiger charge is 2.30. The number of rotatable bonds is 4. The minimum atomic E-state index is -0.253. The number of phenolic OH excluding ortho intramolecular Hbond substituents is 1. The molecule has 1 fully saturated rings. The molecule has 3 heterocycles. The first kappa shape index (κ1) is 21.1. The predicted octanol–water partition coefficient (Wildman–Crippen LogP) is 2.77. The number of anilines is 2. The molecule has 2 aliphatic rings. The van der Waals surface area contributed by atoms with Crippen molar-refractivity contribution in [1.29, 1.82) is 0 Å². The highest BCUT2D eigenvalue weighted by Crippen LogP contribution is 2.33. The van der Waals surface area contributed by atoms with Crippen LogP contribution in [0.1, 0.15) is 30.0 Å². The van der Waals surface area contributed by atoms with Gasteiger partial charge < -0.3 is 25.2 Å². The van der Waals surface area contributed by atoms with Gasteiger partial charge in [0.25, 0.3) is 0 Å². The number of benzene rings is 2. The van der Waals surface area contributed by atoms with Crippen molar-refractivity contribution in [3.63, 3.8) is 0 Å². The summed E-state index contributed by atoms with van der Waals surface area (Å²) < 4.78 is 0. The molecule has 0 radical (unpaired) electrons. The van der Waals surface area contributed by atoms with Crippen molar-refractivity contribution in [3.05, 3.63) is 59.7 Å². The van der Waals surface area contributed by atoms with E-state index in [1.165, 1.54) is 5.56 Å². The fourth-order valence-corrected chi connectivity index (χ4v) is 4.55. The Morgan fingerprint density at radius 1 is 0.909 bits per heavy atom. The van der Waals surface area contributed by atoms with E-state index >= 15 is 0 Å². The first-order chi connectivity index (χ1) is 16.2. The van der Waals surface area contributed by atoms with Gasteiger partial charge in [-0.25, -0.2) is 0 Å². The number of phenols is 1. The van der Waals surface area contributed by atoms with E-state index in [1.807, 2.05) is 29.2 Å². The van der Waals surface area contributed by atoms with E-state index in [0.717, 1.165) is 17.7 Å². The van der Waals surface area contributed by atoms with Crippen LogP contribution in [0.25, 0.3) is 11.4 Å². The number of hydrogen-bond donors (Lipinski definition) is 3. The summed E-state index contributed by atoms with van der Waals surface area (Å²) in [5.74, 6) is 1.63. The van der Waals surface area contributed by atoms with Gasteiger partial charge in [0.1, 0.15) is 5.75 Å². The molecule has 3 N–H and O–H groups in total. The fraction of sp³-hybridized carbons (Fsp3) is 0.333. The average molecular weight is 447 g/mol. The van der Waals surface area contributed by atoms with E-state index < -0.39 is 0 Å². The molecule has 1 saturated heterocycles. The molecule has 2 aliphatic heterocycles. The third-order valence-corrected chi connectivity index (χ3v) is 6.32. The van der Waals surface area contributed by atoms with Gasteiger partial charge in [0.15, 0.2) is 5.82 Å². The van der Waals surface area contributed by atoms with Crippen LogP contribution in [0.5, 0.6) is 5.75 Å². The topological polar surface area (TPSA) is 118 Å². The summed E-state index contributed by atoms with van der Waals surface area (Å²) in [6.45, 7) is 1.88. The summed E-state index contributed by atoms with van der Waals surface area (Å²) in [4.78, 5) is 18.4. The van der Waals surface area contributed by atoms with E-state index in [2.05, 4.69) is 16.1 Å². The molecular formula is C24H26N6O3. The lowest BCUT2D eigenvalue weighted by Gasteiger charge is -2.37. The normalized spacial score (nSPS) is 18.2. The molecule has 2 aromatic carbocycles. The number of piperidine rings is 1. The summed E-state index contributed by atoms with van der Waals surface area (Å²) >= 11 is 0. The third kappa shape index (κ3) is 4.19. The first-order valence-electron chi connectivity index (χ1n) is 11.1. The molecule has 0 bridgehead atoms. The molecule has 1 atom stereocenters. The maximum absolute atomic E-state index is 10.3. The Balaban J connectivity index is 1.57. The molecule has 1 aromatic heterocycles. The maximum Gasteiger partial charge on any atom is 0.231 e. The Kier molecular flexibility index (Phi) is 5.78. The molecule has 0 aliphatic carbocycles. The van der Waals surface area contributed by atoms with Crippen molar-refractivity contribution >= 4 is 17.6 Å². The van der Waals surface area contributed by atoms with Gasteiger partial charge in [-0.1, -0.05) is 41.6 Å². The van der Waals surface area contributed by atoms with Crippen molar-refractivity contribution in [2.75, 3.05) is 36.0 Å². The number of fused-ring (bicyclic) bond motifs is 1. The summed E-state index contributed by atoms with van der Waals surface area (Å²) in [6, 6.07) is 14.7. The molecule has 3 aromatic rings. The van der Waals surface area contributed by atoms with Crippen LogP contribution in [-0.4, -0.2) is 62.3 Å². The Labute approximate surface area is 191 Å². The van der Waals surface area contributed by atoms with Gasteiger partial charge in [-0.2, -0.15) is 15.0 Å². The SMILES string of the molecule is OCC1c2ccccc2CCN1c1nc(-c2cccc(O)c2)nc(N2CCC(=NO)CC2)n1. The summed E-state index contributed by atoms with van der Waals surface area (Å²) in [7, 11) is 0. The maximum atomic E-state index is 10.3. The second kappa shape index (κ2) is 9.03. The molecule has 33 heavy (non-hydrogen) atoms. The molecule has 0 spiro atoms. The number of aliphatic hydroxyl groups is 1. The summed E-state index contributed by atoms with van der Waals surface area (Å²) in [5, 5.41) is 32.7. The largest absolute Gasteiger partial charge is 0.508 e. The molecule has 0 amide bonds. The van der Waals surface area contributed by atoms with Crippen molar-refractivity contribution in [2.24, 2.45) is 5.16 Å². The first-order valence-corrected chi connectivity index (χ1v) is 11.1. The van der Waals surface area contributed by atoms with E-state index in [4.69, 9.17) is 20.2 Å². The van der Waals surface area contributed by atoms with Crippen LogP contribution in [0, 0.1) is 0 Å². The highest BCUT2D eigenvalue weighted by atomic mass is 16.4. The Hall–Kier alpha value is -3.72. The monoisotopic (exact) mass is 446 g/mol. The van der Waals surface area contributed by atoms with Crippen LogP contribution >= 0.6 is 0 Å². The van der Waals surface area contributed by atoms with Crippen LogP contribution in [0.3, 0.4) is 0 Å². The van der Waals surface area contributed by atoms with Gasteiger partial charge in [-0.15, -0.1) is 0 Å². The van der Waals surface area contributed by atoms with Crippen LogP contribution in [0.15, 0.2) is 53.7 Å². The zero-order chi connectivity index (χ0) is 22.8. The zero-order valence-electron chi connectivity index (χ0n) is 18.2. The Bertz CT molecular complexity index is 1170. The molecule has 1 unspecified atom stereocenters. The van der Waals surface area contributed by atoms with Crippen molar-refractivity contribution < 1.29 is 15.4 Å². The van der Waals surface area contributed by atoms with Gasteiger partial charge in [0, 0.05) is 38.0 Å². The van der Waals surface area contributed by atoms with Crippen LogP contribution in [0.2, 0.25) is 0 Å². The van der Waals surface area contributed by atoms with Gasteiger partial charge in [0.2, 0.25) is 11.9 Å². The number of hydrogen-bond acceptors (Lipinski definition) is 9. The number of oxime groups is 1. The summed E-state index contributed by atoms with van der Waals surface area (Å²) in [6.07, 6.45) is 2.10. The summed E-state index contributed by atoms with van der Waals surface area (Å²) in [5.41, 5.74) is 3.75. The van der Waals surface area contributed by atoms with Gasteiger partial charge in [-0.3, -0.25) is 0 Å². The molecule has 5 rings (SSSR count). The lowest BCUT2D eigenvalue weighted by atomic mass is 9.93. The predicted molar refractivity (Wildman–Crippen MR) is 125 cm³/mol. The molecule has 9 heteroatoms. The lowest BCUT2D eigenvalue weighted by Crippen LogP contribution is -2.40. The third-order valence-electron chi connectivity index (χ3n) is 6.32. The highest BCUT2D eigenvalue weighted by molar-refractivity contribution is 5.86. The van der Waals surface area contributed by atoms with Crippen LogP contribution in [0.4, 0.5) is 11.9 Å². The number of aliphatic hydroxyl groups excluding tert-OH is 1. The Morgan fingerprint density at radius 2 is 1.70 bits per heavy atom. The Morgan fingerprint density at radius 3 is 2.45 bits per heavy atom. The quantitative estimate of drug-likeness (QED) is 0.414. The van der Waals surface area contributed by atoms with E-state index in [9.17, 15) is 10.2 Å². The van der Waals surface area contributed by atoms with E-state index in [0.29, 0.717) is 55.8 Å². The molecule has 9 nitrogen and oxygen atoms in total. The van der Waals surface area contributed by atoms with Crippen molar-refractivity contribution in [1.82, 2.24) is 15.0 Å². The van der Waals surface area contributed by atoms with Gasteiger partial charge >= 0.3 is 0 Å². The average Bonchev–Trinajstić information content (AvgIpc) is 2.87. The van der Waals surface area contributed by atoms with Crippen molar-refractivity contribution in [3.8, 4) is 17.1 Å². The zero-order valence-corrected chi connectivity index (χ0v) is 18.2. The van der Waals surface area contributed by atoms with Crippen LogP contribution in [-0.2, 0) is 6.42 Å². The van der Waals surface area contributed by atoms with E-state index in [-0.39, 0.29) is 18.4 Å². The molecular weight excluding hydrogens is 420 g/mol. The number of nitrogens with zero attached hydrogens (tertiary/aromatic N) is 6. The lowest BCUT2D eigenvalue weighted by molar-refractivity contribution is 0.256.